The molecule has 0 radical (unpaired) electrons. The van der Waals surface area contributed by atoms with Gasteiger partial charge < -0.3 is 15.4 Å². The molecule has 0 atom stereocenters. The van der Waals surface area contributed by atoms with Crippen molar-refractivity contribution in [2.45, 2.75) is 18.2 Å². The zero-order valence-electron chi connectivity index (χ0n) is 15.9. The van der Waals surface area contributed by atoms with Gasteiger partial charge in [-0.05, 0) is 26.0 Å². The molecule has 0 aliphatic heterocycles. The highest BCUT2D eigenvalue weighted by Crippen LogP contribution is 2.25. The normalized spacial score (nSPS) is 10.8. The fourth-order valence-electron chi connectivity index (χ4n) is 2.38. The van der Waals surface area contributed by atoms with Gasteiger partial charge in [-0.1, -0.05) is 40.8 Å². The molecule has 8 nitrogen and oxygen atoms in total. The minimum atomic E-state index is -0.123. The number of rotatable bonds is 9. The molecule has 0 fully saturated rings. The minimum absolute atomic E-state index is 0.123. The minimum Gasteiger partial charge on any atom is -0.383 e. The number of carbonyl (C=O) groups is 1. The van der Waals surface area contributed by atoms with Crippen LogP contribution in [0.25, 0.3) is 5.69 Å². The summed E-state index contributed by atoms with van der Waals surface area (Å²) in [6, 6.07) is 9.84. The van der Waals surface area contributed by atoms with Crippen molar-refractivity contribution in [3.8, 4) is 5.69 Å². The fraction of sp³-hybridized carbons (Fsp3) is 0.333. The van der Waals surface area contributed by atoms with Gasteiger partial charge in [-0.25, -0.2) is 4.68 Å². The monoisotopic (exact) mass is 418 g/mol. The number of thioether (sulfide) groups is 1. The molecule has 148 valence electrons. The lowest BCUT2D eigenvalue weighted by Crippen LogP contribution is -2.16. The van der Waals surface area contributed by atoms with Crippen molar-refractivity contribution in [2.24, 2.45) is 0 Å². The van der Waals surface area contributed by atoms with Crippen molar-refractivity contribution < 1.29 is 9.53 Å². The molecular formula is C18H22N6O2S2. The van der Waals surface area contributed by atoms with Gasteiger partial charge >= 0.3 is 0 Å². The van der Waals surface area contributed by atoms with E-state index >= 15 is 0 Å². The van der Waals surface area contributed by atoms with Gasteiger partial charge in [-0.15, -0.1) is 10.2 Å². The van der Waals surface area contributed by atoms with Crippen molar-refractivity contribution in [3.63, 3.8) is 0 Å². The number of aryl methyl sites for hydroxylation is 2. The lowest BCUT2D eigenvalue weighted by atomic mass is 10.2. The molecule has 10 heteroatoms. The number of amides is 1. The van der Waals surface area contributed by atoms with E-state index in [1.807, 2.05) is 44.2 Å². The van der Waals surface area contributed by atoms with E-state index in [0.29, 0.717) is 24.1 Å². The second-order valence-electron chi connectivity index (χ2n) is 6.05. The van der Waals surface area contributed by atoms with Gasteiger partial charge in [0.25, 0.3) is 0 Å². The number of hydrogen-bond donors (Lipinski definition) is 2. The molecule has 28 heavy (non-hydrogen) atoms. The van der Waals surface area contributed by atoms with Crippen LogP contribution in [0.4, 0.5) is 10.9 Å². The highest BCUT2D eigenvalue weighted by atomic mass is 32.2. The van der Waals surface area contributed by atoms with Crippen molar-refractivity contribution >= 4 is 40.0 Å². The van der Waals surface area contributed by atoms with Crippen LogP contribution in [0.3, 0.4) is 0 Å². The standard InChI is InChI=1S/C18H22N6O2S2/c1-12-4-6-14(7-5-12)24-15(10-13(2)23-24)20-16(25)11-27-18-22-21-17(28-18)19-8-9-26-3/h4-7,10H,8-9,11H2,1-3H3,(H,19,21)(H,20,25). The van der Waals surface area contributed by atoms with E-state index in [-0.39, 0.29) is 11.7 Å². The highest BCUT2D eigenvalue weighted by Gasteiger charge is 2.13. The van der Waals surface area contributed by atoms with Gasteiger partial charge in [-0.2, -0.15) is 5.10 Å². The molecule has 2 heterocycles. The van der Waals surface area contributed by atoms with Gasteiger partial charge in [0, 0.05) is 19.7 Å². The number of ether oxygens (including phenoxy) is 1. The van der Waals surface area contributed by atoms with Gasteiger partial charge in [0.1, 0.15) is 5.82 Å². The number of methoxy groups -OCH3 is 1. The summed E-state index contributed by atoms with van der Waals surface area (Å²) in [7, 11) is 1.65. The molecule has 2 N–H and O–H groups in total. The Labute approximate surface area is 171 Å². The molecular weight excluding hydrogens is 396 g/mol. The molecule has 3 rings (SSSR count). The average molecular weight is 419 g/mol. The summed E-state index contributed by atoms with van der Waals surface area (Å²) in [4.78, 5) is 12.4. The van der Waals surface area contributed by atoms with Crippen LogP contribution < -0.4 is 10.6 Å². The van der Waals surface area contributed by atoms with Crippen LogP contribution in [0.1, 0.15) is 11.3 Å². The van der Waals surface area contributed by atoms with E-state index in [2.05, 4.69) is 25.9 Å². The van der Waals surface area contributed by atoms with Crippen molar-refractivity contribution in [1.29, 1.82) is 0 Å². The molecule has 0 aliphatic rings. The van der Waals surface area contributed by atoms with Crippen LogP contribution in [0.5, 0.6) is 0 Å². The summed E-state index contributed by atoms with van der Waals surface area (Å²) in [6.07, 6.45) is 0. The lowest BCUT2D eigenvalue weighted by Gasteiger charge is -2.08. The molecule has 0 saturated carbocycles. The third-order valence-electron chi connectivity index (χ3n) is 3.69. The Morgan fingerprint density at radius 3 is 2.79 bits per heavy atom. The molecule has 0 bridgehead atoms. The van der Waals surface area contributed by atoms with Crippen LogP contribution in [0.15, 0.2) is 34.7 Å². The molecule has 1 aromatic carbocycles. The van der Waals surface area contributed by atoms with Gasteiger partial charge in [0.05, 0.1) is 23.7 Å². The SMILES string of the molecule is COCCNc1nnc(SCC(=O)Nc2cc(C)nn2-c2ccc(C)cc2)s1. The van der Waals surface area contributed by atoms with E-state index in [9.17, 15) is 4.79 Å². The van der Waals surface area contributed by atoms with Crippen molar-refractivity contribution in [2.75, 3.05) is 36.6 Å². The smallest absolute Gasteiger partial charge is 0.235 e. The van der Waals surface area contributed by atoms with Crippen LogP contribution in [-0.4, -0.2) is 51.9 Å². The van der Waals surface area contributed by atoms with Gasteiger partial charge in [-0.3, -0.25) is 4.79 Å². The molecule has 1 amide bonds. The third kappa shape index (κ3) is 5.54. The number of carbonyl (C=O) groups excluding carboxylic acids is 1. The summed E-state index contributed by atoms with van der Waals surface area (Å²) in [6.45, 7) is 5.19. The van der Waals surface area contributed by atoms with E-state index in [4.69, 9.17) is 4.74 Å². The fourth-order valence-corrected chi connectivity index (χ4v) is 3.95. The number of benzene rings is 1. The zero-order chi connectivity index (χ0) is 19.9. The first-order valence-electron chi connectivity index (χ1n) is 8.68. The van der Waals surface area contributed by atoms with Crippen LogP contribution in [-0.2, 0) is 9.53 Å². The van der Waals surface area contributed by atoms with Crippen LogP contribution in [0, 0.1) is 13.8 Å². The maximum Gasteiger partial charge on any atom is 0.235 e. The second kappa shape index (κ2) is 9.67. The van der Waals surface area contributed by atoms with Crippen LogP contribution in [0.2, 0.25) is 0 Å². The molecule has 2 aromatic heterocycles. The number of aromatic nitrogens is 4. The first-order valence-corrected chi connectivity index (χ1v) is 10.5. The molecule has 0 unspecified atom stereocenters. The summed E-state index contributed by atoms with van der Waals surface area (Å²) < 4.78 is 7.45. The highest BCUT2D eigenvalue weighted by molar-refractivity contribution is 8.01. The topological polar surface area (TPSA) is 94.0 Å². The summed E-state index contributed by atoms with van der Waals surface area (Å²) in [5.74, 6) is 0.763. The number of anilines is 2. The molecule has 3 aromatic rings. The Hall–Kier alpha value is -2.43. The second-order valence-corrected chi connectivity index (χ2v) is 8.25. The Morgan fingerprint density at radius 2 is 2.04 bits per heavy atom. The quantitative estimate of drug-likeness (QED) is 0.407. The Bertz CT molecular complexity index is 923. The maximum absolute atomic E-state index is 12.4. The van der Waals surface area contributed by atoms with Crippen molar-refractivity contribution in [1.82, 2.24) is 20.0 Å². The van der Waals surface area contributed by atoms with Gasteiger partial charge in [0.2, 0.25) is 11.0 Å². The van der Waals surface area contributed by atoms with E-state index in [0.717, 1.165) is 15.7 Å². The first-order chi connectivity index (χ1) is 13.5. The van der Waals surface area contributed by atoms with E-state index in [1.54, 1.807) is 11.8 Å². The maximum atomic E-state index is 12.4. The van der Waals surface area contributed by atoms with Crippen LogP contribution >= 0.6 is 23.1 Å². The number of nitrogens with zero attached hydrogens (tertiary/aromatic N) is 4. The first kappa shape index (κ1) is 20.3. The predicted octanol–water partition coefficient (Wildman–Crippen LogP) is 3.13. The Kier molecular flexibility index (Phi) is 7.01. The van der Waals surface area contributed by atoms with Gasteiger partial charge in [0.15, 0.2) is 4.34 Å². The predicted molar refractivity (Wildman–Crippen MR) is 113 cm³/mol. The average Bonchev–Trinajstić information content (AvgIpc) is 3.27. The Balaban J connectivity index is 1.57. The summed E-state index contributed by atoms with van der Waals surface area (Å²) in [5, 5.41) is 19.4. The third-order valence-corrected chi connectivity index (χ3v) is 5.71. The number of nitrogens with one attached hydrogen (secondary N) is 2. The Morgan fingerprint density at radius 1 is 1.25 bits per heavy atom. The summed E-state index contributed by atoms with van der Waals surface area (Å²) in [5.41, 5.74) is 2.90. The number of hydrogen-bond acceptors (Lipinski definition) is 8. The lowest BCUT2D eigenvalue weighted by molar-refractivity contribution is -0.113. The van der Waals surface area contributed by atoms with E-state index < -0.39 is 0 Å². The van der Waals surface area contributed by atoms with E-state index in [1.165, 1.54) is 28.7 Å². The molecule has 0 aliphatic carbocycles. The molecule has 0 spiro atoms. The summed E-state index contributed by atoms with van der Waals surface area (Å²) >= 11 is 2.76. The largest absolute Gasteiger partial charge is 0.383 e. The molecule has 0 saturated heterocycles. The zero-order valence-corrected chi connectivity index (χ0v) is 17.6. The van der Waals surface area contributed by atoms with Crippen molar-refractivity contribution in [3.05, 3.63) is 41.6 Å².